The van der Waals surface area contributed by atoms with E-state index in [1.807, 2.05) is 24.5 Å². The molecule has 0 saturated heterocycles. The van der Waals surface area contributed by atoms with Gasteiger partial charge in [-0.3, -0.25) is 14.4 Å². The summed E-state index contributed by atoms with van der Waals surface area (Å²) in [6.07, 6.45) is 4.09. The third kappa shape index (κ3) is 5.91. The number of unbranched alkanes of at least 4 members (excludes halogenated alkanes) is 2. The van der Waals surface area contributed by atoms with Crippen LogP contribution in [0.3, 0.4) is 0 Å². The summed E-state index contributed by atoms with van der Waals surface area (Å²) in [6.45, 7) is 7.93. The molecule has 1 amide bonds. The molecule has 14 nitrogen and oxygen atoms in total. The Kier molecular flexibility index (Phi) is 9.49. The van der Waals surface area contributed by atoms with Gasteiger partial charge in [0.25, 0.3) is 5.56 Å². The number of nitrogens with one attached hydrogen (secondary N) is 1. The van der Waals surface area contributed by atoms with Gasteiger partial charge in [-0.25, -0.2) is 19.6 Å². The van der Waals surface area contributed by atoms with Gasteiger partial charge >= 0.3 is 17.9 Å². The van der Waals surface area contributed by atoms with Crippen molar-refractivity contribution in [3.8, 4) is 11.4 Å². The number of cyclic esters (lactones) is 1. The number of carbonyl (C=O) groups excluding carboxylic acids is 3. The van der Waals surface area contributed by atoms with Gasteiger partial charge in [0.05, 0.1) is 58.2 Å². The molecule has 2 aromatic heterocycles. The molecule has 6 rings (SSSR count). The monoisotopic (exact) mass is 686 g/mol. The number of esters is 2. The zero-order valence-corrected chi connectivity index (χ0v) is 28.7. The maximum absolute atomic E-state index is 14.2. The summed E-state index contributed by atoms with van der Waals surface area (Å²) in [5.74, 6) is -3.97. The molecule has 5 heterocycles. The maximum Gasteiger partial charge on any atom is 0.355 e. The highest BCUT2D eigenvalue weighted by Gasteiger charge is 2.50. The molecular formula is C36H42N6O8. The van der Waals surface area contributed by atoms with Gasteiger partial charge in [0.2, 0.25) is 11.5 Å². The Morgan fingerprint density at radius 3 is 2.64 bits per heavy atom. The topological polar surface area (TPSA) is 196 Å². The van der Waals surface area contributed by atoms with Crippen LogP contribution in [0.1, 0.15) is 82.9 Å². The number of aliphatic carboxylic acids is 1. The summed E-state index contributed by atoms with van der Waals surface area (Å²) in [6, 6.07) is 5.08. The van der Waals surface area contributed by atoms with Crippen LogP contribution in [0.15, 0.2) is 34.1 Å². The molecule has 0 radical (unpaired) electrons. The fourth-order valence-electron chi connectivity index (χ4n) is 6.90. The molecule has 0 saturated carbocycles. The van der Waals surface area contributed by atoms with Gasteiger partial charge in [0.15, 0.2) is 0 Å². The molecule has 264 valence electrons. The van der Waals surface area contributed by atoms with Crippen molar-refractivity contribution in [2.24, 2.45) is 16.6 Å². The number of nitrogens with two attached hydrogens (primary N) is 1. The first-order valence-electron chi connectivity index (χ1n) is 17.1. The van der Waals surface area contributed by atoms with Crippen molar-refractivity contribution in [3.63, 3.8) is 0 Å². The number of aromatic nitrogens is 2. The predicted molar refractivity (Wildman–Crippen MR) is 185 cm³/mol. The van der Waals surface area contributed by atoms with Gasteiger partial charge in [-0.15, -0.1) is 0 Å². The SMILES string of the molecule is CCCCCN1C=Nc2cccc3nc4c(c1c23)Cn1c-4cc2c(c1=O)COC(=O)[C@@]2(CC)OC(=O)CC[C@H](NC(=O)[C@@H](N)C(C)C)C(=O)O. The van der Waals surface area contributed by atoms with E-state index in [0.717, 1.165) is 48.1 Å². The Hall–Kier alpha value is -5.11. The highest BCUT2D eigenvalue weighted by atomic mass is 16.6. The number of carboxylic acids is 1. The van der Waals surface area contributed by atoms with Crippen LogP contribution in [0, 0.1) is 5.92 Å². The lowest BCUT2D eigenvalue weighted by atomic mass is 9.85. The predicted octanol–water partition coefficient (Wildman–Crippen LogP) is 3.63. The van der Waals surface area contributed by atoms with E-state index in [4.69, 9.17) is 20.2 Å². The number of hydrogen-bond donors (Lipinski definition) is 3. The average Bonchev–Trinajstić information content (AvgIpc) is 3.47. The standard InChI is InChI=1S/C36H42N6O8/c1-5-7-8-14-41-18-38-23-10-9-11-24-28(23)31(41)20-16-42-26(30(20)39-24)15-22-21(33(42)45)17-49-35(48)36(22,6-2)50-27(43)13-12-25(34(46)47)40-32(44)29(37)19(3)4/h9-11,15,18-19,25,29H,5-8,12-14,16-17,37H2,1-4H3,(H,40,44)(H,46,47)/t25-,29-,36-/m0/s1. The number of pyridine rings is 2. The van der Waals surface area contributed by atoms with Gasteiger partial charge in [0.1, 0.15) is 12.6 Å². The lowest BCUT2D eigenvalue weighted by molar-refractivity contribution is -0.189. The number of fused-ring (bicyclic) bond motifs is 5. The first-order valence-corrected chi connectivity index (χ1v) is 17.1. The summed E-state index contributed by atoms with van der Waals surface area (Å²) >= 11 is 0. The molecule has 50 heavy (non-hydrogen) atoms. The molecule has 3 aliphatic heterocycles. The summed E-state index contributed by atoms with van der Waals surface area (Å²) in [4.78, 5) is 77.2. The highest BCUT2D eigenvalue weighted by Crippen LogP contribution is 2.47. The second-order valence-electron chi connectivity index (χ2n) is 13.4. The first-order chi connectivity index (χ1) is 23.9. The molecule has 1 aromatic carbocycles. The molecular weight excluding hydrogens is 644 g/mol. The van der Waals surface area contributed by atoms with E-state index in [1.54, 1.807) is 31.4 Å². The van der Waals surface area contributed by atoms with E-state index in [9.17, 15) is 29.1 Å². The molecule has 0 unspecified atom stereocenters. The van der Waals surface area contributed by atoms with E-state index in [1.165, 1.54) is 0 Å². The molecule has 0 spiro atoms. The number of ether oxygens (including phenoxy) is 2. The largest absolute Gasteiger partial charge is 0.480 e. The Labute approximate surface area is 288 Å². The van der Waals surface area contributed by atoms with Crippen molar-refractivity contribution in [3.05, 3.63) is 51.3 Å². The maximum atomic E-state index is 14.2. The van der Waals surface area contributed by atoms with Gasteiger partial charge < -0.3 is 35.1 Å². The van der Waals surface area contributed by atoms with Gasteiger partial charge in [-0.1, -0.05) is 46.6 Å². The molecule has 4 N–H and O–H groups in total. The van der Waals surface area contributed by atoms with Crippen LogP contribution < -0.4 is 21.5 Å². The molecule has 0 aliphatic carbocycles. The van der Waals surface area contributed by atoms with Crippen LogP contribution in [-0.2, 0) is 47.4 Å². The van der Waals surface area contributed by atoms with Gasteiger partial charge in [0, 0.05) is 24.1 Å². The smallest absolute Gasteiger partial charge is 0.355 e. The second kappa shape index (κ2) is 13.7. The van der Waals surface area contributed by atoms with Crippen LogP contribution in [0.5, 0.6) is 0 Å². The Balaban J connectivity index is 1.36. The summed E-state index contributed by atoms with van der Waals surface area (Å²) in [5, 5.41) is 13.0. The first kappa shape index (κ1) is 34.7. The number of anilines is 1. The quantitative estimate of drug-likeness (QED) is 0.137. The lowest BCUT2D eigenvalue weighted by Crippen LogP contribution is -2.50. The van der Waals surface area contributed by atoms with Gasteiger partial charge in [-0.05, 0) is 43.4 Å². The van der Waals surface area contributed by atoms with Crippen molar-refractivity contribution < 1.29 is 33.8 Å². The minimum absolute atomic E-state index is 0.0515. The number of hydrogen-bond acceptors (Lipinski definition) is 11. The van der Waals surface area contributed by atoms with E-state index in [0.29, 0.717) is 16.9 Å². The normalized spacial score (nSPS) is 18.3. The third-order valence-corrected chi connectivity index (χ3v) is 9.82. The van der Waals surface area contributed by atoms with E-state index in [-0.39, 0.29) is 48.6 Å². The zero-order valence-electron chi connectivity index (χ0n) is 28.7. The van der Waals surface area contributed by atoms with Crippen LogP contribution in [-0.4, -0.2) is 63.4 Å². The summed E-state index contributed by atoms with van der Waals surface area (Å²) < 4.78 is 12.9. The minimum Gasteiger partial charge on any atom is -0.480 e. The zero-order chi connectivity index (χ0) is 35.9. The molecule has 3 aromatic rings. The molecule has 3 aliphatic rings. The average molecular weight is 687 g/mol. The highest BCUT2D eigenvalue weighted by molar-refractivity contribution is 6.11. The van der Waals surface area contributed by atoms with Crippen molar-refractivity contribution in [2.45, 2.75) is 97.1 Å². The van der Waals surface area contributed by atoms with Crippen molar-refractivity contribution in [1.29, 1.82) is 0 Å². The fourth-order valence-corrected chi connectivity index (χ4v) is 6.90. The number of amides is 1. The number of carbonyl (C=O) groups is 4. The number of benzene rings is 1. The third-order valence-electron chi connectivity index (χ3n) is 9.82. The van der Waals surface area contributed by atoms with Crippen molar-refractivity contribution >= 4 is 52.4 Å². The van der Waals surface area contributed by atoms with Crippen LogP contribution in [0.2, 0.25) is 0 Å². The molecule has 0 fully saturated rings. The number of aliphatic imine (C=N–C) groups is 1. The molecule has 0 bridgehead atoms. The minimum atomic E-state index is -1.96. The molecule has 3 atom stereocenters. The Bertz CT molecular complexity index is 1990. The van der Waals surface area contributed by atoms with Crippen molar-refractivity contribution in [1.82, 2.24) is 14.9 Å². The summed E-state index contributed by atoms with van der Waals surface area (Å²) in [5.41, 5.74) is 8.32. The lowest BCUT2D eigenvalue weighted by Gasteiger charge is -2.35. The van der Waals surface area contributed by atoms with E-state index in [2.05, 4.69) is 22.1 Å². The summed E-state index contributed by atoms with van der Waals surface area (Å²) in [7, 11) is 0. The van der Waals surface area contributed by atoms with Crippen LogP contribution in [0.4, 0.5) is 11.4 Å². The number of nitrogens with zero attached hydrogens (tertiary/aromatic N) is 4. The fraction of sp³-hybridized carbons (Fsp3) is 0.472. The number of rotatable bonds is 13. The van der Waals surface area contributed by atoms with E-state index >= 15 is 0 Å². The Morgan fingerprint density at radius 1 is 1.16 bits per heavy atom. The number of carboxylic acid groups (broad SMARTS) is 1. The molecule has 14 heteroatoms. The Morgan fingerprint density at radius 2 is 1.94 bits per heavy atom. The van der Waals surface area contributed by atoms with Gasteiger partial charge in [-0.2, -0.15) is 0 Å². The van der Waals surface area contributed by atoms with Crippen molar-refractivity contribution in [2.75, 3.05) is 11.4 Å². The second-order valence-corrected chi connectivity index (χ2v) is 13.4. The van der Waals surface area contributed by atoms with Crippen LogP contribution in [0.25, 0.3) is 22.3 Å². The van der Waals surface area contributed by atoms with Crippen LogP contribution >= 0.6 is 0 Å². The van der Waals surface area contributed by atoms with E-state index < -0.39 is 47.9 Å².